The molecule has 10 heavy (non-hydrogen) atoms. The number of rotatable bonds is 3. The van der Waals surface area contributed by atoms with Crippen molar-refractivity contribution in [2.45, 2.75) is 18.2 Å². The summed E-state index contributed by atoms with van der Waals surface area (Å²) in [6, 6.07) is 0. The van der Waals surface area contributed by atoms with Crippen LogP contribution in [0.5, 0.6) is 0 Å². The van der Waals surface area contributed by atoms with Crippen LogP contribution in [0.4, 0.5) is 0 Å². The zero-order chi connectivity index (χ0) is 7.61. The quantitative estimate of drug-likeness (QED) is 0.386. The monoisotopic (exact) mass is 202 g/mol. The molecule has 1 saturated carbocycles. The van der Waals surface area contributed by atoms with Gasteiger partial charge in [-0.3, -0.25) is 0 Å². The maximum atomic E-state index is 5.21. The summed E-state index contributed by atoms with van der Waals surface area (Å²) in [5.74, 6) is 2.45. The first-order valence-electron chi connectivity index (χ1n) is 3.34. The highest BCUT2D eigenvalue weighted by Gasteiger charge is 2.48. The SMILES string of the molecule is C#CCOC[C@]1(C)C[C@H]1Br. The molecule has 0 heterocycles. The van der Waals surface area contributed by atoms with E-state index in [0.29, 0.717) is 16.8 Å². The zero-order valence-electron chi connectivity index (χ0n) is 6.06. The van der Waals surface area contributed by atoms with Crippen molar-refractivity contribution in [3.05, 3.63) is 0 Å². The lowest BCUT2D eigenvalue weighted by Crippen LogP contribution is -2.08. The van der Waals surface area contributed by atoms with Crippen molar-refractivity contribution < 1.29 is 4.74 Å². The van der Waals surface area contributed by atoms with E-state index in [2.05, 4.69) is 28.8 Å². The summed E-state index contributed by atoms with van der Waals surface area (Å²) >= 11 is 3.53. The van der Waals surface area contributed by atoms with Gasteiger partial charge in [0.15, 0.2) is 0 Å². The first-order valence-corrected chi connectivity index (χ1v) is 4.26. The minimum absolute atomic E-state index is 0.358. The molecule has 1 nitrogen and oxygen atoms in total. The molecule has 2 atom stereocenters. The second-order valence-electron chi connectivity index (χ2n) is 3.02. The standard InChI is InChI=1S/C8H11BrO/c1-3-4-10-6-8(2)5-7(8)9/h1,7H,4-6H2,2H3/t7-,8+/m1/s1. The fraction of sp³-hybridized carbons (Fsp3) is 0.750. The number of terminal acetylenes is 1. The van der Waals surface area contributed by atoms with Crippen molar-refractivity contribution in [2.24, 2.45) is 5.41 Å². The largest absolute Gasteiger partial charge is 0.368 e. The summed E-state index contributed by atoms with van der Waals surface area (Å²) < 4.78 is 5.21. The van der Waals surface area contributed by atoms with E-state index in [4.69, 9.17) is 11.2 Å². The summed E-state index contributed by atoms with van der Waals surface area (Å²) in [5, 5.41) is 0. The van der Waals surface area contributed by atoms with Crippen molar-refractivity contribution in [3.8, 4) is 12.3 Å². The molecular weight excluding hydrogens is 192 g/mol. The minimum atomic E-state index is 0.358. The fourth-order valence-electron chi connectivity index (χ4n) is 0.843. The summed E-state index contributed by atoms with van der Waals surface area (Å²) in [7, 11) is 0. The van der Waals surface area contributed by atoms with Crippen LogP contribution in [0.15, 0.2) is 0 Å². The van der Waals surface area contributed by atoms with E-state index in [1.807, 2.05) is 0 Å². The molecule has 0 N–H and O–H groups in total. The predicted octanol–water partition coefficient (Wildman–Crippen LogP) is 1.81. The first kappa shape index (κ1) is 8.10. The third-order valence-corrected chi connectivity index (χ3v) is 3.29. The van der Waals surface area contributed by atoms with Gasteiger partial charge < -0.3 is 4.74 Å². The Hall–Kier alpha value is 0. The van der Waals surface area contributed by atoms with Crippen LogP contribution in [0.25, 0.3) is 0 Å². The van der Waals surface area contributed by atoms with E-state index in [9.17, 15) is 0 Å². The van der Waals surface area contributed by atoms with E-state index in [1.165, 1.54) is 6.42 Å². The highest BCUT2D eigenvalue weighted by molar-refractivity contribution is 9.09. The molecular formula is C8H11BrO. The number of hydrogen-bond acceptors (Lipinski definition) is 1. The molecule has 56 valence electrons. The summed E-state index contributed by atoms with van der Waals surface area (Å²) in [4.78, 5) is 0.637. The molecule has 1 aliphatic rings. The van der Waals surface area contributed by atoms with Gasteiger partial charge in [-0.2, -0.15) is 0 Å². The smallest absolute Gasteiger partial charge is 0.107 e. The van der Waals surface area contributed by atoms with Gasteiger partial charge in [-0.05, 0) is 6.42 Å². The lowest BCUT2D eigenvalue weighted by molar-refractivity contribution is 0.125. The molecule has 1 fully saturated rings. The maximum absolute atomic E-state index is 5.21. The molecule has 0 radical (unpaired) electrons. The highest BCUT2D eigenvalue weighted by Crippen LogP contribution is 2.51. The van der Waals surface area contributed by atoms with Gasteiger partial charge in [-0.1, -0.05) is 28.8 Å². The van der Waals surface area contributed by atoms with Gasteiger partial charge in [0.25, 0.3) is 0 Å². The third kappa shape index (κ3) is 1.74. The second kappa shape index (κ2) is 2.94. The van der Waals surface area contributed by atoms with Gasteiger partial charge in [0, 0.05) is 10.2 Å². The first-order chi connectivity index (χ1) is 4.69. The zero-order valence-corrected chi connectivity index (χ0v) is 7.65. The van der Waals surface area contributed by atoms with Crippen LogP contribution in [0.1, 0.15) is 13.3 Å². The van der Waals surface area contributed by atoms with Gasteiger partial charge in [0.1, 0.15) is 6.61 Å². The second-order valence-corrected chi connectivity index (χ2v) is 4.13. The summed E-state index contributed by atoms with van der Waals surface area (Å²) in [6.45, 7) is 3.42. The Kier molecular flexibility index (Phi) is 2.38. The van der Waals surface area contributed by atoms with Crippen molar-refractivity contribution in [2.75, 3.05) is 13.2 Å². The topological polar surface area (TPSA) is 9.23 Å². The van der Waals surface area contributed by atoms with E-state index in [-0.39, 0.29) is 0 Å². The molecule has 0 aromatic rings. The Labute approximate surface area is 70.3 Å². The molecule has 0 spiro atoms. The van der Waals surface area contributed by atoms with Crippen molar-refractivity contribution >= 4 is 15.9 Å². The Morgan fingerprint density at radius 3 is 2.90 bits per heavy atom. The lowest BCUT2D eigenvalue weighted by atomic mass is 10.2. The van der Waals surface area contributed by atoms with Crippen LogP contribution in [0.3, 0.4) is 0 Å². The van der Waals surface area contributed by atoms with Crippen LogP contribution in [0.2, 0.25) is 0 Å². The van der Waals surface area contributed by atoms with E-state index < -0.39 is 0 Å². The van der Waals surface area contributed by atoms with Crippen molar-refractivity contribution in [1.82, 2.24) is 0 Å². The molecule has 1 aliphatic carbocycles. The molecule has 2 heteroatoms. The van der Waals surface area contributed by atoms with Gasteiger partial charge >= 0.3 is 0 Å². The fourth-order valence-corrected chi connectivity index (χ4v) is 1.71. The maximum Gasteiger partial charge on any atom is 0.107 e. The Morgan fingerprint density at radius 1 is 1.90 bits per heavy atom. The predicted molar refractivity (Wildman–Crippen MR) is 45.1 cm³/mol. The minimum Gasteiger partial charge on any atom is -0.368 e. The van der Waals surface area contributed by atoms with E-state index in [0.717, 1.165) is 6.61 Å². The van der Waals surface area contributed by atoms with Gasteiger partial charge in [0.2, 0.25) is 0 Å². The lowest BCUT2D eigenvalue weighted by Gasteiger charge is -2.06. The number of hydrogen-bond donors (Lipinski definition) is 0. The molecule has 0 bridgehead atoms. The molecule has 0 unspecified atom stereocenters. The Balaban J connectivity index is 2.10. The number of halogens is 1. The number of alkyl halides is 1. The van der Waals surface area contributed by atoms with Crippen molar-refractivity contribution in [3.63, 3.8) is 0 Å². The average Bonchev–Trinajstić information content (AvgIpc) is 2.42. The normalized spacial score (nSPS) is 37.1. The Bertz CT molecular complexity index is 161. The van der Waals surface area contributed by atoms with Crippen LogP contribution in [0, 0.1) is 17.8 Å². The number of ether oxygens (including phenoxy) is 1. The highest BCUT2D eigenvalue weighted by atomic mass is 79.9. The Morgan fingerprint density at radius 2 is 2.50 bits per heavy atom. The average molecular weight is 203 g/mol. The van der Waals surface area contributed by atoms with Crippen molar-refractivity contribution in [1.29, 1.82) is 0 Å². The van der Waals surface area contributed by atoms with Gasteiger partial charge in [-0.15, -0.1) is 6.42 Å². The molecule has 0 amide bonds. The van der Waals surface area contributed by atoms with Crippen LogP contribution >= 0.6 is 15.9 Å². The van der Waals surface area contributed by atoms with E-state index in [1.54, 1.807) is 0 Å². The van der Waals surface area contributed by atoms with Crippen LogP contribution in [-0.4, -0.2) is 18.0 Å². The van der Waals surface area contributed by atoms with Crippen LogP contribution < -0.4 is 0 Å². The third-order valence-electron chi connectivity index (χ3n) is 1.86. The van der Waals surface area contributed by atoms with Gasteiger partial charge in [0.05, 0.1) is 6.61 Å². The molecule has 1 rings (SSSR count). The van der Waals surface area contributed by atoms with E-state index >= 15 is 0 Å². The molecule has 0 saturated heterocycles. The molecule has 0 aromatic carbocycles. The molecule has 0 aliphatic heterocycles. The molecule has 0 aromatic heterocycles. The van der Waals surface area contributed by atoms with Crippen LogP contribution in [-0.2, 0) is 4.74 Å². The summed E-state index contributed by atoms with van der Waals surface area (Å²) in [5.41, 5.74) is 0.358. The van der Waals surface area contributed by atoms with Gasteiger partial charge in [-0.25, -0.2) is 0 Å². The summed E-state index contributed by atoms with van der Waals surface area (Å²) in [6.07, 6.45) is 6.23.